The van der Waals surface area contributed by atoms with Crippen molar-refractivity contribution in [1.29, 1.82) is 0 Å². The minimum absolute atomic E-state index is 0.101. The number of benzene rings is 1. The number of rotatable bonds is 1. The zero-order valence-corrected chi connectivity index (χ0v) is 10.3. The number of nitrogens with zero attached hydrogens (tertiary/aromatic N) is 1. The molecule has 0 spiro atoms. The first-order chi connectivity index (χ1) is 7.45. The van der Waals surface area contributed by atoms with Gasteiger partial charge in [0.05, 0.1) is 11.4 Å². The van der Waals surface area contributed by atoms with Crippen LogP contribution in [0.4, 0.5) is 11.4 Å². The maximum atomic E-state index is 12.0. The van der Waals surface area contributed by atoms with Crippen LogP contribution in [-0.4, -0.2) is 18.5 Å². The summed E-state index contributed by atoms with van der Waals surface area (Å²) in [4.78, 5) is 13.8. The molecule has 1 aromatic rings. The number of aryl methyl sites for hydroxylation is 1. The Labute approximate surface area is 96.5 Å². The van der Waals surface area contributed by atoms with Gasteiger partial charge in [0.15, 0.2) is 0 Å². The third-order valence-corrected chi connectivity index (χ3v) is 3.12. The van der Waals surface area contributed by atoms with Crippen LogP contribution in [0.3, 0.4) is 0 Å². The lowest BCUT2D eigenvalue weighted by Gasteiger charge is -2.38. The van der Waals surface area contributed by atoms with E-state index < -0.39 is 5.54 Å². The van der Waals surface area contributed by atoms with Gasteiger partial charge in [0.25, 0.3) is 5.91 Å². The second kappa shape index (κ2) is 3.51. The average molecular weight is 218 g/mol. The molecule has 0 bridgehead atoms. The Morgan fingerprint density at radius 1 is 1.38 bits per heavy atom. The highest BCUT2D eigenvalue weighted by Gasteiger charge is 2.36. The largest absolute Gasteiger partial charge is 0.370 e. The lowest BCUT2D eigenvalue weighted by Crippen LogP contribution is -2.52. The Balaban J connectivity index is 2.51. The summed E-state index contributed by atoms with van der Waals surface area (Å²) in [5.74, 6) is 0.101. The lowest BCUT2D eigenvalue weighted by molar-refractivity contribution is -0.121. The molecule has 0 saturated carbocycles. The zero-order chi connectivity index (χ0) is 11.9. The van der Waals surface area contributed by atoms with E-state index in [1.165, 1.54) is 5.56 Å². The van der Waals surface area contributed by atoms with E-state index in [1.54, 1.807) is 4.90 Å². The molecule has 0 saturated heterocycles. The van der Waals surface area contributed by atoms with Gasteiger partial charge in [-0.05, 0) is 38.0 Å². The van der Waals surface area contributed by atoms with Crippen molar-refractivity contribution in [1.82, 2.24) is 0 Å². The van der Waals surface area contributed by atoms with Gasteiger partial charge in [0.2, 0.25) is 0 Å². The maximum Gasteiger partial charge on any atom is 0.251 e. The Morgan fingerprint density at radius 2 is 2.06 bits per heavy atom. The van der Waals surface area contributed by atoms with Crippen molar-refractivity contribution < 1.29 is 4.79 Å². The molecule has 0 fully saturated rings. The maximum absolute atomic E-state index is 12.0. The van der Waals surface area contributed by atoms with Gasteiger partial charge in [0.1, 0.15) is 5.54 Å². The minimum Gasteiger partial charge on any atom is -0.370 e. The van der Waals surface area contributed by atoms with Crippen molar-refractivity contribution in [2.24, 2.45) is 0 Å². The Hall–Kier alpha value is -1.51. The highest BCUT2D eigenvalue weighted by molar-refractivity contribution is 6.07. The molecule has 3 nitrogen and oxygen atoms in total. The van der Waals surface area contributed by atoms with Crippen molar-refractivity contribution >= 4 is 17.3 Å². The molecular formula is C13H18N2O. The Morgan fingerprint density at radius 3 is 2.69 bits per heavy atom. The van der Waals surface area contributed by atoms with Crippen LogP contribution in [0.15, 0.2) is 18.2 Å². The minimum atomic E-state index is -0.520. The third kappa shape index (κ3) is 1.56. The Bertz CT molecular complexity index is 438. The lowest BCUT2D eigenvalue weighted by atomic mass is 9.97. The normalized spacial score (nSPS) is 18.0. The summed E-state index contributed by atoms with van der Waals surface area (Å²) in [6.45, 7) is 5.95. The van der Waals surface area contributed by atoms with E-state index in [4.69, 9.17) is 0 Å². The first kappa shape index (κ1) is 11.0. The second-order valence-corrected chi connectivity index (χ2v) is 4.82. The molecule has 1 aromatic carbocycles. The van der Waals surface area contributed by atoms with E-state index in [0.29, 0.717) is 0 Å². The molecule has 0 unspecified atom stereocenters. The van der Waals surface area contributed by atoms with Crippen LogP contribution in [0, 0.1) is 0 Å². The molecule has 1 heterocycles. The fraction of sp³-hybridized carbons (Fsp3) is 0.462. The predicted octanol–water partition coefficient (Wildman–Crippen LogP) is 2.42. The summed E-state index contributed by atoms with van der Waals surface area (Å²) in [6.07, 6.45) is 1.01. The van der Waals surface area contributed by atoms with Gasteiger partial charge in [-0.3, -0.25) is 4.79 Å². The fourth-order valence-electron chi connectivity index (χ4n) is 2.11. The van der Waals surface area contributed by atoms with Crippen LogP contribution < -0.4 is 10.2 Å². The van der Waals surface area contributed by atoms with Crippen molar-refractivity contribution in [2.45, 2.75) is 32.7 Å². The monoisotopic (exact) mass is 218 g/mol. The highest BCUT2D eigenvalue weighted by Crippen LogP contribution is 2.34. The number of carbonyl (C=O) groups excluding carboxylic acids is 1. The van der Waals surface area contributed by atoms with Crippen molar-refractivity contribution in [3.63, 3.8) is 0 Å². The van der Waals surface area contributed by atoms with E-state index in [9.17, 15) is 4.79 Å². The second-order valence-electron chi connectivity index (χ2n) is 4.82. The molecule has 0 aromatic heterocycles. The van der Waals surface area contributed by atoms with Crippen LogP contribution in [0.5, 0.6) is 0 Å². The predicted molar refractivity (Wildman–Crippen MR) is 66.9 cm³/mol. The van der Waals surface area contributed by atoms with E-state index in [1.807, 2.05) is 27.0 Å². The van der Waals surface area contributed by atoms with Gasteiger partial charge >= 0.3 is 0 Å². The first-order valence-electron chi connectivity index (χ1n) is 5.65. The molecule has 1 amide bonds. The first-order valence-corrected chi connectivity index (χ1v) is 5.65. The number of anilines is 2. The van der Waals surface area contributed by atoms with Gasteiger partial charge in [-0.1, -0.05) is 13.0 Å². The Kier molecular flexibility index (Phi) is 2.41. The van der Waals surface area contributed by atoms with Crippen molar-refractivity contribution in [3.8, 4) is 0 Å². The van der Waals surface area contributed by atoms with Crippen molar-refractivity contribution in [3.05, 3.63) is 23.8 Å². The molecule has 1 aliphatic rings. The summed E-state index contributed by atoms with van der Waals surface area (Å²) in [6, 6.07) is 6.21. The number of carbonyl (C=O) groups is 1. The topological polar surface area (TPSA) is 32.3 Å². The van der Waals surface area contributed by atoms with Crippen LogP contribution >= 0.6 is 0 Å². The fourth-order valence-corrected chi connectivity index (χ4v) is 2.11. The summed E-state index contributed by atoms with van der Waals surface area (Å²) in [7, 11) is 1.83. The molecule has 3 heteroatoms. The SMILES string of the molecule is CCc1ccc2c(c1)NC(C)(C)C(=O)N2C. The zero-order valence-electron chi connectivity index (χ0n) is 10.3. The molecule has 1 aliphatic heterocycles. The van der Waals surface area contributed by atoms with Crippen LogP contribution in [0.25, 0.3) is 0 Å². The number of likely N-dealkylation sites (N-methyl/N-ethyl adjacent to an activating group) is 1. The van der Waals surface area contributed by atoms with Crippen molar-refractivity contribution in [2.75, 3.05) is 17.3 Å². The number of fused-ring (bicyclic) bond motifs is 1. The van der Waals surface area contributed by atoms with Gasteiger partial charge in [0, 0.05) is 7.05 Å². The summed E-state index contributed by atoms with van der Waals surface area (Å²) in [5, 5.41) is 3.30. The highest BCUT2D eigenvalue weighted by atomic mass is 16.2. The number of nitrogens with one attached hydrogen (secondary N) is 1. The molecule has 0 radical (unpaired) electrons. The number of amides is 1. The number of hydrogen-bond acceptors (Lipinski definition) is 2. The quantitative estimate of drug-likeness (QED) is 0.785. The van der Waals surface area contributed by atoms with Crippen LogP contribution in [0.2, 0.25) is 0 Å². The number of hydrogen-bond donors (Lipinski definition) is 1. The smallest absolute Gasteiger partial charge is 0.251 e. The van der Waals surface area contributed by atoms with Gasteiger partial charge in [-0.15, -0.1) is 0 Å². The molecular weight excluding hydrogens is 200 g/mol. The molecule has 2 rings (SSSR count). The standard InChI is InChI=1S/C13H18N2O/c1-5-9-6-7-11-10(8-9)14-13(2,3)12(16)15(11)4/h6-8,14H,5H2,1-4H3. The average Bonchev–Trinajstić information content (AvgIpc) is 2.25. The van der Waals surface area contributed by atoms with Gasteiger partial charge in [-0.25, -0.2) is 0 Å². The summed E-state index contributed by atoms with van der Waals surface area (Å²) < 4.78 is 0. The van der Waals surface area contributed by atoms with Crippen LogP contribution in [0.1, 0.15) is 26.3 Å². The molecule has 1 N–H and O–H groups in total. The van der Waals surface area contributed by atoms with E-state index in [-0.39, 0.29) is 5.91 Å². The third-order valence-electron chi connectivity index (χ3n) is 3.12. The van der Waals surface area contributed by atoms with Crippen LogP contribution in [-0.2, 0) is 11.2 Å². The molecule has 16 heavy (non-hydrogen) atoms. The van der Waals surface area contributed by atoms with Gasteiger partial charge < -0.3 is 10.2 Å². The van der Waals surface area contributed by atoms with E-state index in [2.05, 4.69) is 24.4 Å². The van der Waals surface area contributed by atoms with E-state index in [0.717, 1.165) is 17.8 Å². The summed E-state index contributed by atoms with van der Waals surface area (Å²) >= 11 is 0. The van der Waals surface area contributed by atoms with E-state index >= 15 is 0 Å². The molecule has 0 atom stereocenters. The summed E-state index contributed by atoms with van der Waals surface area (Å²) in [5.41, 5.74) is 2.77. The van der Waals surface area contributed by atoms with Gasteiger partial charge in [-0.2, -0.15) is 0 Å². The molecule has 86 valence electrons. The molecule has 0 aliphatic carbocycles.